The van der Waals surface area contributed by atoms with Crippen LogP contribution < -0.4 is 10.1 Å². The van der Waals surface area contributed by atoms with E-state index < -0.39 is 12.2 Å². The maximum Gasteiger partial charge on any atom is 0.334 e. The molecular weight excluding hydrogens is 608 g/mol. The number of urea groups is 1. The number of methoxy groups -OCH3 is 1. The summed E-state index contributed by atoms with van der Waals surface area (Å²) in [5.74, 6) is 0.123. The van der Waals surface area contributed by atoms with E-state index in [1.54, 1.807) is 63.5 Å². The van der Waals surface area contributed by atoms with E-state index in [2.05, 4.69) is 16.9 Å². The average Bonchev–Trinajstić information content (AvgIpc) is 3.10. The first-order valence-corrected chi connectivity index (χ1v) is 15.8. The molecule has 11 heteroatoms. The highest BCUT2D eigenvalue weighted by atomic mass is 16.5. The maximum absolute atomic E-state index is 14.4. The van der Waals surface area contributed by atoms with Gasteiger partial charge in [-0.05, 0) is 52.6 Å². The predicted molar refractivity (Wildman–Crippen MR) is 180 cm³/mol. The van der Waals surface area contributed by atoms with Crippen molar-refractivity contribution in [3.8, 4) is 22.8 Å². The minimum Gasteiger partial charge on any atom is -0.508 e. The normalized spacial score (nSPS) is 18.0. The molecule has 0 unspecified atom stereocenters. The van der Waals surface area contributed by atoms with Crippen LogP contribution in [0.3, 0.4) is 0 Å². The number of amides is 4. The van der Waals surface area contributed by atoms with Crippen molar-refractivity contribution < 1.29 is 24.2 Å². The number of aromatic hydroxyl groups is 1. The molecule has 246 valence electrons. The number of phenols is 1. The zero-order valence-corrected chi connectivity index (χ0v) is 26.7. The number of nitrogens with zero attached hydrogens (tertiary/aromatic N) is 5. The zero-order valence-electron chi connectivity index (χ0n) is 26.7. The van der Waals surface area contributed by atoms with Crippen LogP contribution in [0.4, 0.5) is 4.79 Å². The molecule has 0 aliphatic carbocycles. The van der Waals surface area contributed by atoms with E-state index >= 15 is 0 Å². The van der Waals surface area contributed by atoms with Crippen molar-refractivity contribution in [2.75, 3.05) is 26.7 Å². The largest absolute Gasteiger partial charge is 0.508 e. The van der Waals surface area contributed by atoms with E-state index in [0.29, 0.717) is 12.4 Å². The molecule has 0 bridgehead atoms. The molecule has 0 spiro atoms. The summed E-state index contributed by atoms with van der Waals surface area (Å²) in [6.45, 7) is 4.68. The fourth-order valence-electron chi connectivity index (χ4n) is 6.38. The van der Waals surface area contributed by atoms with Crippen molar-refractivity contribution in [3.63, 3.8) is 0 Å². The lowest BCUT2D eigenvalue weighted by Crippen LogP contribution is -2.76. The van der Waals surface area contributed by atoms with Crippen LogP contribution in [0.15, 0.2) is 110 Å². The van der Waals surface area contributed by atoms with Gasteiger partial charge in [-0.2, -0.15) is 0 Å². The van der Waals surface area contributed by atoms with Gasteiger partial charge in [0.1, 0.15) is 18.0 Å². The fraction of sp³-hybridized carbons (Fsp3) is 0.243. The van der Waals surface area contributed by atoms with Crippen molar-refractivity contribution in [3.05, 3.63) is 127 Å². The third-order valence-electron chi connectivity index (χ3n) is 8.61. The van der Waals surface area contributed by atoms with Gasteiger partial charge in [-0.1, -0.05) is 66.7 Å². The van der Waals surface area contributed by atoms with Gasteiger partial charge in [0, 0.05) is 37.8 Å². The second kappa shape index (κ2) is 14.4. The van der Waals surface area contributed by atoms with E-state index in [9.17, 15) is 19.5 Å². The van der Waals surface area contributed by atoms with Gasteiger partial charge in [-0.3, -0.25) is 9.59 Å². The number of carbonyl (C=O) groups is 3. The molecule has 11 nitrogen and oxygen atoms in total. The average molecular weight is 647 g/mol. The van der Waals surface area contributed by atoms with E-state index in [1.165, 1.54) is 0 Å². The molecule has 6 rings (SSSR count). The lowest BCUT2D eigenvalue weighted by Gasteiger charge is -2.55. The highest BCUT2D eigenvalue weighted by Crippen LogP contribution is 2.32. The van der Waals surface area contributed by atoms with Crippen LogP contribution in [0.5, 0.6) is 11.6 Å². The van der Waals surface area contributed by atoms with Crippen LogP contribution in [0.2, 0.25) is 0 Å². The topological polar surface area (TPSA) is 119 Å². The molecule has 1 aromatic heterocycles. The Kier molecular flexibility index (Phi) is 9.67. The minimum atomic E-state index is -0.877. The predicted octanol–water partition coefficient (Wildman–Crippen LogP) is 4.20. The Labute approximate surface area is 279 Å². The van der Waals surface area contributed by atoms with Crippen LogP contribution >= 0.6 is 0 Å². The van der Waals surface area contributed by atoms with Gasteiger partial charge < -0.3 is 25.0 Å². The summed E-state index contributed by atoms with van der Waals surface area (Å²) in [5.41, 5.74) is 4.29. The number of phenolic OH excluding ortho intramolecular Hbond substituents is 1. The van der Waals surface area contributed by atoms with E-state index in [0.717, 1.165) is 27.8 Å². The molecule has 2 aliphatic heterocycles. The van der Waals surface area contributed by atoms with Crippen molar-refractivity contribution >= 4 is 17.8 Å². The van der Waals surface area contributed by atoms with Crippen LogP contribution in [-0.2, 0) is 29.1 Å². The Morgan fingerprint density at radius 1 is 1.00 bits per heavy atom. The summed E-state index contributed by atoms with van der Waals surface area (Å²) >= 11 is 0. The minimum absolute atomic E-state index is 0.0877. The summed E-state index contributed by atoms with van der Waals surface area (Å²) in [5, 5.41) is 16.1. The number of ether oxygens (including phenoxy) is 1. The Hall–Kier alpha value is -5.68. The van der Waals surface area contributed by atoms with E-state index in [1.807, 2.05) is 66.7 Å². The van der Waals surface area contributed by atoms with Gasteiger partial charge in [-0.15, -0.1) is 6.58 Å². The molecule has 3 heterocycles. The number of fused-ring (bicyclic) bond motifs is 1. The number of hydrazine groups is 1. The molecule has 4 amide bonds. The fourth-order valence-corrected chi connectivity index (χ4v) is 6.38. The summed E-state index contributed by atoms with van der Waals surface area (Å²) in [7, 11) is 1.57. The lowest BCUT2D eigenvalue weighted by atomic mass is 9.97. The van der Waals surface area contributed by atoms with Crippen LogP contribution in [0.25, 0.3) is 11.1 Å². The summed E-state index contributed by atoms with van der Waals surface area (Å²) in [4.78, 5) is 49.8. The van der Waals surface area contributed by atoms with Gasteiger partial charge in [0.2, 0.25) is 17.7 Å². The van der Waals surface area contributed by atoms with Crippen molar-refractivity contribution in [1.82, 2.24) is 30.1 Å². The molecule has 0 saturated carbocycles. The van der Waals surface area contributed by atoms with Crippen molar-refractivity contribution in [1.29, 1.82) is 0 Å². The van der Waals surface area contributed by atoms with Crippen molar-refractivity contribution in [2.24, 2.45) is 0 Å². The summed E-state index contributed by atoms with van der Waals surface area (Å²) in [6.07, 6.45) is 2.76. The SMILES string of the molecule is C=CCN1CC(=O)N2[C@@H](Cc3ccc(O)cc3)C(=O)N(Cc3cccc(-c4cccnc4OC)c3)C[C@@H]2N1C(=O)NCc1ccccc1. The highest BCUT2D eigenvalue weighted by molar-refractivity contribution is 5.91. The Balaban J connectivity index is 1.35. The monoisotopic (exact) mass is 646 g/mol. The second-order valence-corrected chi connectivity index (χ2v) is 11.8. The molecule has 2 fully saturated rings. The first-order chi connectivity index (χ1) is 23.4. The van der Waals surface area contributed by atoms with E-state index in [4.69, 9.17) is 4.74 Å². The zero-order chi connectivity index (χ0) is 33.6. The number of hydrogen-bond donors (Lipinski definition) is 2. The number of piperazine rings is 1. The Morgan fingerprint density at radius 3 is 2.52 bits per heavy atom. The smallest absolute Gasteiger partial charge is 0.334 e. The summed E-state index contributed by atoms with van der Waals surface area (Å²) < 4.78 is 5.48. The first kappa shape index (κ1) is 32.3. The van der Waals surface area contributed by atoms with Gasteiger partial charge in [0.15, 0.2) is 0 Å². The number of pyridine rings is 1. The first-order valence-electron chi connectivity index (χ1n) is 15.8. The molecule has 0 radical (unpaired) electrons. The number of benzene rings is 3. The molecular formula is C37H38N6O5. The molecule has 2 aliphatic rings. The van der Waals surface area contributed by atoms with Gasteiger partial charge >= 0.3 is 6.03 Å². The third-order valence-corrected chi connectivity index (χ3v) is 8.61. The summed E-state index contributed by atoms with van der Waals surface area (Å²) in [6, 6.07) is 26.5. The molecule has 2 N–H and O–H groups in total. The standard InChI is InChI=1S/C37H38N6O5/c1-3-19-41-25-34(45)42-32(21-26-14-16-30(44)17-15-26)36(46)40(24-33(42)43(41)37(47)39-22-27-9-5-4-6-10-27)23-28-11-7-12-29(20-28)31-13-8-18-38-35(31)48-2/h3-18,20,32-33,44H,1,19,21-25H2,2H3,(H,39,47)/t32-,33-/m0/s1. The van der Waals surface area contributed by atoms with Crippen molar-refractivity contribution in [2.45, 2.75) is 31.7 Å². The Bertz CT molecular complexity index is 1780. The third kappa shape index (κ3) is 6.86. The van der Waals surface area contributed by atoms with Gasteiger partial charge in [0.05, 0.1) is 20.2 Å². The number of carbonyl (C=O) groups excluding carboxylic acids is 3. The quantitative estimate of drug-likeness (QED) is 0.248. The number of hydrogen-bond acceptors (Lipinski definition) is 7. The van der Waals surface area contributed by atoms with Crippen LogP contribution in [0, 0.1) is 0 Å². The molecule has 2 saturated heterocycles. The number of aromatic nitrogens is 1. The molecule has 2 atom stereocenters. The van der Waals surface area contributed by atoms with Crippen LogP contribution in [-0.4, -0.2) is 86.7 Å². The number of nitrogens with one attached hydrogen (secondary N) is 1. The lowest BCUT2D eigenvalue weighted by molar-refractivity contribution is -0.189. The Morgan fingerprint density at radius 2 is 1.77 bits per heavy atom. The highest BCUT2D eigenvalue weighted by Gasteiger charge is 2.51. The molecule has 4 aromatic rings. The van der Waals surface area contributed by atoms with E-state index in [-0.39, 0.29) is 56.2 Å². The van der Waals surface area contributed by atoms with Gasteiger partial charge in [-0.25, -0.2) is 19.8 Å². The molecule has 48 heavy (non-hydrogen) atoms. The molecule has 3 aromatic carbocycles. The van der Waals surface area contributed by atoms with Crippen LogP contribution in [0.1, 0.15) is 16.7 Å². The van der Waals surface area contributed by atoms with Gasteiger partial charge in [0.25, 0.3) is 0 Å². The second-order valence-electron chi connectivity index (χ2n) is 11.8. The number of rotatable bonds is 10. The maximum atomic E-state index is 14.4.